The zero-order valence-corrected chi connectivity index (χ0v) is 14.8. The molecule has 5 nitrogen and oxygen atoms in total. The van der Waals surface area contributed by atoms with Crippen molar-refractivity contribution in [3.05, 3.63) is 29.6 Å². The lowest BCUT2D eigenvalue weighted by molar-refractivity contribution is 0.181. The van der Waals surface area contributed by atoms with E-state index in [2.05, 4.69) is 15.2 Å². The molecule has 1 aliphatic rings. The molecule has 0 spiro atoms. The molecule has 0 radical (unpaired) electrons. The fourth-order valence-corrected chi connectivity index (χ4v) is 2.75. The smallest absolute Gasteiger partial charge is 0.193 e. The maximum Gasteiger partial charge on any atom is 0.193 e. The zero-order valence-electron chi connectivity index (χ0n) is 14.8. The van der Waals surface area contributed by atoms with Gasteiger partial charge in [0, 0.05) is 32.7 Å². The maximum atomic E-state index is 13.9. The number of nitrogens with zero attached hydrogens (tertiary/aromatic N) is 2. The minimum absolute atomic E-state index is 0.287. The van der Waals surface area contributed by atoms with E-state index in [9.17, 15) is 4.39 Å². The third-order valence-electron chi connectivity index (χ3n) is 3.96. The number of hydrogen-bond acceptors (Lipinski definition) is 3. The van der Waals surface area contributed by atoms with Crippen LogP contribution in [0.3, 0.4) is 0 Å². The highest BCUT2D eigenvalue weighted by molar-refractivity contribution is 5.79. The van der Waals surface area contributed by atoms with E-state index in [0.717, 1.165) is 44.2 Å². The molecule has 1 N–H and O–H groups in total. The molecule has 1 aliphatic heterocycles. The highest BCUT2D eigenvalue weighted by atomic mass is 19.1. The van der Waals surface area contributed by atoms with Crippen molar-refractivity contribution >= 4 is 5.96 Å². The minimum atomic E-state index is -0.342. The van der Waals surface area contributed by atoms with Crippen molar-refractivity contribution in [3.8, 4) is 5.75 Å². The van der Waals surface area contributed by atoms with Gasteiger partial charge in [-0.05, 0) is 38.0 Å². The Morgan fingerprint density at radius 2 is 2.29 bits per heavy atom. The summed E-state index contributed by atoms with van der Waals surface area (Å²) in [5, 5.41) is 3.29. The van der Waals surface area contributed by atoms with Gasteiger partial charge in [-0.3, -0.25) is 0 Å². The number of rotatable bonds is 7. The number of nitrogens with one attached hydrogen (secondary N) is 1. The summed E-state index contributed by atoms with van der Waals surface area (Å²) in [5.74, 6) is 1.32. The van der Waals surface area contributed by atoms with Gasteiger partial charge < -0.3 is 19.7 Å². The summed E-state index contributed by atoms with van der Waals surface area (Å²) in [6, 6.07) is 5.00. The van der Waals surface area contributed by atoms with E-state index in [1.807, 2.05) is 27.0 Å². The van der Waals surface area contributed by atoms with Gasteiger partial charge >= 0.3 is 0 Å². The van der Waals surface area contributed by atoms with Gasteiger partial charge in [0.25, 0.3) is 0 Å². The standard InChI is InChI=1S/C18H28FN3O2/c1-4-20-18(22(3)12-15-8-9-23-13-15)21-11-14-6-7-17(24-5-2)16(19)10-14/h6-7,10,15H,4-5,8-9,11-13H2,1-3H3,(H,20,21). The van der Waals surface area contributed by atoms with Crippen LogP contribution in [0.15, 0.2) is 23.2 Å². The summed E-state index contributed by atoms with van der Waals surface area (Å²) < 4.78 is 24.6. The van der Waals surface area contributed by atoms with Crippen LogP contribution in [0, 0.1) is 11.7 Å². The molecule has 0 aliphatic carbocycles. The molecule has 134 valence electrons. The quantitative estimate of drug-likeness (QED) is 0.614. The molecule has 1 aromatic rings. The molecule has 6 heteroatoms. The molecule has 1 unspecified atom stereocenters. The van der Waals surface area contributed by atoms with Crippen LogP contribution < -0.4 is 10.1 Å². The molecule has 1 atom stereocenters. The molecule has 1 fully saturated rings. The lowest BCUT2D eigenvalue weighted by Crippen LogP contribution is -2.41. The molecular weight excluding hydrogens is 309 g/mol. The molecule has 0 saturated carbocycles. The normalized spacial score (nSPS) is 17.8. The number of halogens is 1. The Morgan fingerprint density at radius 3 is 2.92 bits per heavy atom. The van der Waals surface area contributed by atoms with Gasteiger partial charge in [0.2, 0.25) is 0 Å². The van der Waals surface area contributed by atoms with Gasteiger partial charge in [0.1, 0.15) is 0 Å². The number of aliphatic imine (C=N–C) groups is 1. The third kappa shape index (κ3) is 5.37. The summed E-state index contributed by atoms with van der Waals surface area (Å²) in [7, 11) is 2.03. The maximum absolute atomic E-state index is 13.9. The number of benzene rings is 1. The molecule has 1 aromatic carbocycles. The first-order valence-corrected chi connectivity index (χ1v) is 8.62. The molecule has 1 saturated heterocycles. The Kier molecular flexibility index (Phi) is 7.31. The molecule has 1 heterocycles. The Balaban J connectivity index is 2.00. The predicted octanol–water partition coefficient (Wildman–Crippen LogP) is 2.66. The summed E-state index contributed by atoms with van der Waals surface area (Å²) in [4.78, 5) is 6.74. The number of hydrogen-bond donors (Lipinski definition) is 1. The first-order chi connectivity index (χ1) is 11.6. The molecule has 2 rings (SSSR count). The van der Waals surface area contributed by atoms with Crippen LogP contribution in [0.25, 0.3) is 0 Å². The van der Waals surface area contributed by atoms with E-state index in [1.54, 1.807) is 6.07 Å². The van der Waals surface area contributed by atoms with Crippen LogP contribution in [0.1, 0.15) is 25.8 Å². The first-order valence-electron chi connectivity index (χ1n) is 8.62. The fourth-order valence-electron chi connectivity index (χ4n) is 2.75. The van der Waals surface area contributed by atoms with Gasteiger partial charge in [-0.15, -0.1) is 0 Å². The van der Waals surface area contributed by atoms with Gasteiger partial charge in [-0.2, -0.15) is 0 Å². The average Bonchev–Trinajstić information content (AvgIpc) is 3.06. The Morgan fingerprint density at radius 1 is 1.46 bits per heavy atom. The lowest BCUT2D eigenvalue weighted by atomic mass is 10.1. The summed E-state index contributed by atoms with van der Waals surface area (Å²) in [6.45, 7) is 8.12. The van der Waals surface area contributed by atoms with Crippen molar-refractivity contribution in [1.29, 1.82) is 0 Å². The van der Waals surface area contributed by atoms with E-state index in [-0.39, 0.29) is 11.6 Å². The lowest BCUT2D eigenvalue weighted by Gasteiger charge is -2.24. The van der Waals surface area contributed by atoms with Crippen molar-refractivity contribution in [3.63, 3.8) is 0 Å². The minimum Gasteiger partial charge on any atom is -0.491 e. The second-order valence-corrected chi connectivity index (χ2v) is 5.98. The van der Waals surface area contributed by atoms with E-state index in [1.165, 1.54) is 6.07 Å². The SMILES string of the molecule is CCNC(=NCc1ccc(OCC)c(F)c1)N(C)CC1CCOC1. The van der Waals surface area contributed by atoms with Gasteiger partial charge in [-0.25, -0.2) is 9.38 Å². The van der Waals surface area contributed by atoms with Gasteiger partial charge in [-0.1, -0.05) is 6.07 Å². The van der Waals surface area contributed by atoms with E-state index >= 15 is 0 Å². The van der Waals surface area contributed by atoms with Crippen molar-refractivity contribution in [2.75, 3.05) is 40.0 Å². The Labute approximate surface area is 143 Å². The summed E-state index contributed by atoms with van der Waals surface area (Å²) in [5.41, 5.74) is 0.823. The molecule has 0 bridgehead atoms. The van der Waals surface area contributed by atoms with Crippen LogP contribution in [0.4, 0.5) is 4.39 Å². The molecule has 0 amide bonds. The second-order valence-electron chi connectivity index (χ2n) is 5.98. The molecule has 24 heavy (non-hydrogen) atoms. The summed E-state index contributed by atoms with van der Waals surface area (Å²) >= 11 is 0. The van der Waals surface area contributed by atoms with Gasteiger partial charge in [0.15, 0.2) is 17.5 Å². The van der Waals surface area contributed by atoms with Crippen molar-refractivity contribution in [1.82, 2.24) is 10.2 Å². The highest BCUT2D eigenvalue weighted by Gasteiger charge is 2.19. The zero-order chi connectivity index (χ0) is 17.4. The molecule has 0 aromatic heterocycles. The molecular formula is C18H28FN3O2. The third-order valence-corrected chi connectivity index (χ3v) is 3.96. The van der Waals surface area contributed by atoms with Crippen molar-refractivity contribution < 1.29 is 13.9 Å². The predicted molar refractivity (Wildman–Crippen MR) is 93.9 cm³/mol. The monoisotopic (exact) mass is 337 g/mol. The first kappa shape index (κ1) is 18.5. The summed E-state index contributed by atoms with van der Waals surface area (Å²) in [6.07, 6.45) is 1.09. The topological polar surface area (TPSA) is 46.1 Å². The number of guanidine groups is 1. The van der Waals surface area contributed by atoms with E-state index in [0.29, 0.717) is 19.1 Å². The van der Waals surface area contributed by atoms with E-state index < -0.39 is 0 Å². The largest absolute Gasteiger partial charge is 0.491 e. The van der Waals surface area contributed by atoms with Crippen LogP contribution in [-0.2, 0) is 11.3 Å². The van der Waals surface area contributed by atoms with Crippen LogP contribution >= 0.6 is 0 Å². The van der Waals surface area contributed by atoms with E-state index in [4.69, 9.17) is 9.47 Å². The Hall–Kier alpha value is -1.82. The van der Waals surface area contributed by atoms with Crippen molar-refractivity contribution in [2.24, 2.45) is 10.9 Å². The number of ether oxygens (including phenoxy) is 2. The highest BCUT2D eigenvalue weighted by Crippen LogP contribution is 2.19. The van der Waals surface area contributed by atoms with Crippen LogP contribution in [-0.4, -0.2) is 50.8 Å². The Bertz CT molecular complexity index is 545. The van der Waals surface area contributed by atoms with Gasteiger partial charge in [0.05, 0.1) is 19.8 Å². The fraction of sp³-hybridized carbons (Fsp3) is 0.611. The van der Waals surface area contributed by atoms with Crippen molar-refractivity contribution in [2.45, 2.75) is 26.8 Å². The second kappa shape index (κ2) is 9.47. The average molecular weight is 337 g/mol. The van der Waals surface area contributed by atoms with Crippen LogP contribution in [0.2, 0.25) is 0 Å². The van der Waals surface area contributed by atoms with Crippen LogP contribution in [0.5, 0.6) is 5.75 Å².